The molecule has 2 heterocycles. The van der Waals surface area contributed by atoms with Crippen LogP contribution >= 0.6 is 11.3 Å². The Hall–Kier alpha value is -3.07. The quantitative estimate of drug-likeness (QED) is 0.723. The summed E-state index contributed by atoms with van der Waals surface area (Å²) in [7, 11) is 3.07. The fourth-order valence-corrected chi connectivity index (χ4v) is 3.88. The number of nitrogens with zero attached hydrogens (tertiary/aromatic N) is 2. The normalized spacial score (nSPS) is 13.7. The summed E-state index contributed by atoms with van der Waals surface area (Å²) in [5, 5.41) is 6.36. The van der Waals surface area contributed by atoms with Gasteiger partial charge in [0.2, 0.25) is 5.91 Å². The topological polar surface area (TPSA) is 88.2 Å². The third-order valence-corrected chi connectivity index (χ3v) is 5.64. The molecule has 3 amide bonds. The summed E-state index contributed by atoms with van der Waals surface area (Å²) in [6.45, 7) is 2.14. The minimum absolute atomic E-state index is 0.0289. The van der Waals surface area contributed by atoms with Crippen LogP contribution < -0.4 is 14.8 Å². The molecule has 1 saturated heterocycles. The van der Waals surface area contributed by atoms with E-state index in [-0.39, 0.29) is 30.7 Å². The SMILES string of the molecule is COc1ccc(C(=O)N2CCN(C(=O)CCNC(=O)c3ccsc3)CC2)cc1OC. The summed E-state index contributed by atoms with van der Waals surface area (Å²) < 4.78 is 10.5. The molecular formula is C21H25N3O5S. The van der Waals surface area contributed by atoms with Crippen molar-refractivity contribution in [2.75, 3.05) is 46.9 Å². The summed E-state index contributed by atoms with van der Waals surface area (Å²) in [5.74, 6) is 0.761. The van der Waals surface area contributed by atoms with E-state index in [0.717, 1.165) is 0 Å². The van der Waals surface area contributed by atoms with E-state index in [1.165, 1.54) is 18.4 Å². The van der Waals surface area contributed by atoms with E-state index in [2.05, 4.69) is 5.32 Å². The number of carbonyl (C=O) groups excluding carboxylic acids is 3. The summed E-state index contributed by atoms with van der Waals surface area (Å²) in [4.78, 5) is 40.6. The molecule has 3 rings (SSSR count). The molecule has 0 atom stereocenters. The second kappa shape index (κ2) is 10.1. The number of methoxy groups -OCH3 is 2. The number of ether oxygens (including phenoxy) is 2. The van der Waals surface area contributed by atoms with Crippen LogP contribution in [0.5, 0.6) is 11.5 Å². The number of piperazine rings is 1. The van der Waals surface area contributed by atoms with Crippen LogP contribution in [0.4, 0.5) is 0 Å². The van der Waals surface area contributed by atoms with Crippen molar-refractivity contribution in [1.29, 1.82) is 0 Å². The highest BCUT2D eigenvalue weighted by atomic mass is 32.1. The number of nitrogens with one attached hydrogen (secondary N) is 1. The monoisotopic (exact) mass is 431 g/mol. The Morgan fingerprint density at radius 1 is 0.967 bits per heavy atom. The molecule has 0 unspecified atom stereocenters. The van der Waals surface area contributed by atoms with Gasteiger partial charge in [-0.3, -0.25) is 14.4 Å². The van der Waals surface area contributed by atoms with E-state index < -0.39 is 0 Å². The number of hydrogen-bond donors (Lipinski definition) is 1. The first kappa shape index (κ1) is 21.6. The second-order valence-corrected chi connectivity index (χ2v) is 7.54. The highest BCUT2D eigenvalue weighted by molar-refractivity contribution is 7.08. The van der Waals surface area contributed by atoms with Crippen LogP contribution in [-0.4, -0.2) is 74.5 Å². The Kier molecular flexibility index (Phi) is 7.29. The average molecular weight is 432 g/mol. The Balaban J connectivity index is 1.46. The van der Waals surface area contributed by atoms with Crippen molar-refractivity contribution in [3.05, 3.63) is 46.2 Å². The van der Waals surface area contributed by atoms with Gasteiger partial charge in [-0.1, -0.05) is 0 Å². The lowest BCUT2D eigenvalue weighted by Gasteiger charge is -2.35. The summed E-state index contributed by atoms with van der Waals surface area (Å²) >= 11 is 1.45. The van der Waals surface area contributed by atoms with Crippen molar-refractivity contribution >= 4 is 29.1 Å². The van der Waals surface area contributed by atoms with Gasteiger partial charge in [-0.25, -0.2) is 0 Å². The van der Waals surface area contributed by atoms with Crippen LogP contribution in [0.1, 0.15) is 27.1 Å². The molecular weight excluding hydrogens is 406 g/mol. The maximum Gasteiger partial charge on any atom is 0.254 e. The third kappa shape index (κ3) is 5.10. The van der Waals surface area contributed by atoms with Gasteiger partial charge in [0.1, 0.15) is 0 Å². The first-order valence-electron chi connectivity index (χ1n) is 9.63. The first-order valence-corrected chi connectivity index (χ1v) is 10.6. The molecule has 1 fully saturated rings. The first-order chi connectivity index (χ1) is 14.5. The van der Waals surface area contributed by atoms with Gasteiger partial charge in [0, 0.05) is 55.7 Å². The standard InChI is InChI=1S/C21H25N3O5S/c1-28-17-4-3-15(13-18(17)29-2)21(27)24-10-8-23(9-11-24)19(25)5-7-22-20(26)16-6-12-30-14-16/h3-4,6,12-14H,5,7-11H2,1-2H3,(H,22,26). The van der Waals surface area contributed by atoms with E-state index in [0.29, 0.717) is 48.8 Å². The maximum absolute atomic E-state index is 12.8. The van der Waals surface area contributed by atoms with Crippen LogP contribution in [0.3, 0.4) is 0 Å². The van der Waals surface area contributed by atoms with Crippen molar-refractivity contribution in [2.24, 2.45) is 0 Å². The zero-order chi connectivity index (χ0) is 21.5. The Bertz CT molecular complexity index is 892. The predicted octanol–water partition coefficient (Wildman–Crippen LogP) is 1.87. The number of hydrogen-bond acceptors (Lipinski definition) is 6. The number of carbonyl (C=O) groups is 3. The van der Waals surface area contributed by atoms with Crippen LogP contribution in [0.2, 0.25) is 0 Å². The van der Waals surface area contributed by atoms with Gasteiger partial charge in [-0.2, -0.15) is 11.3 Å². The van der Waals surface area contributed by atoms with Gasteiger partial charge in [0.15, 0.2) is 11.5 Å². The molecule has 9 heteroatoms. The number of benzene rings is 1. The highest BCUT2D eigenvalue weighted by Crippen LogP contribution is 2.28. The fourth-order valence-electron chi connectivity index (χ4n) is 3.25. The highest BCUT2D eigenvalue weighted by Gasteiger charge is 2.25. The minimum atomic E-state index is -0.172. The summed E-state index contributed by atoms with van der Waals surface area (Å²) in [6, 6.07) is 6.82. The van der Waals surface area contributed by atoms with Gasteiger partial charge in [-0.05, 0) is 29.6 Å². The van der Waals surface area contributed by atoms with Gasteiger partial charge in [0.05, 0.1) is 14.2 Å². The van der Waals surface area contributed by atoms with Crippen LogP contribution in [-0.2, 0) is 4.79 Å². The summed E-state index contributed by atoms with van der Waals surface area (Å²) in [6.07, 6.45) is 0.236. The van der Waals surface area contributed by atoms with Gasteiger partial charge in [-0.15, -0.1) is 0 Å². The number of amides is 3. The van der Waals surface area contributed by atoms with Crippen molar-refractivity contribution in [1.82, 2.24) is 15.1 Å². The van der Waals surface area contributed by atoms with Gasteiger partial charge < -0.3 is 24.6 Å². The van der Waals surface area contributed by atoms with Crippen LogP contribution in [0.25, 0.3) is 0 Å². The van der Waals surface area contributed by atoms with Crippen LogP contribution in [0, 0.1) is 0 Å². The zero-order valence-corrected chi connectivity index (χ0v) is 17.9. The molecule has 160 valence electrons. The third-order valence-electron chi connectivity index (χ3n) is 4.96. The number of thiophene rings is 1. The molecule has 1 N–H and O–H groups in total. The predicted molar refractivity (Wildman–Crippen MR) is 113 cm³/mol. The Morgan fingerprint density at radius 2 is 1.67 bits per heavy atom. The van der Waals surface area contributed by atoms with Gasteiger partial charge >= 0.3 is 0 Å². The molecule has 0 bridgehead atoms. The van der Waals surface area contributed by atoms with Crippen molar-refractivity contribution in [3.63, 3.8) is 0 Å². The molecule has 2 aromatic rings. The van der Waals surface area contributed by atoms with Crippen LogP contribution in [0.15, 0.2) is 35.0 Å². The zero-order valence-electron chi connectivity index (χ0n) is 17.1. The van der Waals surface area contributed by atoms with E-state index >= 15 is 0 Å². The lowest BCUT2D eigenvalue weighted by molar-refractivity contribution is -0.132. The Labute approximate surface area is 179 Å². The second-order valence-electron chi connectivity index (χ2n) is 6.76. The molecule has 8 nitrogen and oxygen atoms in total. The molecule has 0 aliphatic carbocycles. The van der Waals surface area contributed by atoms with E-state index in [4.69, 9.17) is 9.47 Å². The molecule has 0 spiro atoms. The van der Waals surface area contributed by atoms with Crippen molar-refractivity contribution in [2.45, 2.75) is 6.42 Å². The number of rotatable bonds is 7. The van der Waals surface area contributed by atoms with E-state index in [1.807, 2.05) is 5.38 Å². The van der Waals surface area contributed by atoms with E-state index in [1.54, 1.807) is 46.6 Å². The molecule has 1 aliphatic rings. The van der Waals surface area contributed by atoms with Crippen molar-refractivity contribution in [3.8, 4) is 11.5 Å². The molecule has 0 radical (unpaired) electrons. The largest absolute Gasteiger partial charge is 0.493 e. The lowest BCUT2D eigenvalue weighted by Crippen LogP contribution is -2.51. The maximum atomic E-state index is 12.8. The molecule has 1 aliphatic heterocycles. The molecule has 1 aromatic heterocycles. The lowest BCUT2D eigenvalue weighted by atomic mass is 10.1. The van der Waals surface area contributed by atoms with Crippen molar-refractivity contribution < 1.29 is 23.9 Å². The molecule has 0 saturated carbocycles. The smallest absolute Gasteiger partial charge is 0.254 e. The molecule has 1 aromatic carbocycles. The Morgan fingerprint density at radius 3 is 2.30 bits per heavy atom. The molecule has 30 heavy (non-hydrogen) atoms. The fraction of sp³-hybridized carbons (Fsp3) is 0.381. The van der Waals surface area contributed by atoms with Gasteiger partial charge in [0.25, 0.3) is 11.8 Å². The summed E-state index contributed by atoms with van der Waals surface area (Å²) in [5.41, 5.74) is 1.12. The van der Waals surface area contributed by atoms with E-state index in [9.17, 15) is 14.4 Å². The average Bonchev–Trinajstić information content (AvgIpc) is 3.33. The minimum Gasteiger partial charge on any atom is -0.493 e.